The lowest BCUT2D eigenvalue weighted by Crippen LogP contribution is -2.18. The molecule has 0 aromatic carbocycles. The van der Waals surface area contributed by atoms with E-state index >= 15 is 0 Å². The zero-order valence-electron chi connectivity index (χ0n) is 8.19. The fourth-order valence-corrected chi connectivity index (χ4v) is 1.14. The van der Waals surface area contributed by atoms with Gasteiger partial charge in [0, 0.05) is 19.2 Å². The zero-order valence-corrected chi connectivity index (χ0v) is 8.19. The lowest BCUT2D eigenvalue weighted by molar-refractivity contribution is 0.527. The lowest BCUT2D eigenvalue weighted by Gasteiger charge is -2.02. The second kappa shape index (κ2) is 7.04. The monoisotopic (exact) mass is 193 g/mol. The molecule has 1 N–H and O–H groups in total. The van der Waals surface area contributed by atoms with Crippen molar-refractivity contribution in [2.24, 2.45) is 0 Å². The number of nitrogens with zero attached hydrogens (tertiary/aromatic N) is 4. The van der Waals surface area contributed by atoms with Crippen LogP contribution in [0.2, 0.25) is 0 Å². The zero-order chi connectivity index (χ0) is 10.1. The summed E-state index contributed by atoms with van der Waals surface area (Å²) >= 11 is 0. The molecule has 5 heteroatoms. The molecule has 0 aliphatic heterocycles. The average molecular weight is 193 g/mol. The Bertz CT molecular complexity index is 261. The summed E-state index contributed by atoms with van der Waals surface area (Å²) in [5.74, 6) is 0. The molecule has 1 aromatic heterocycles. The van der Waals surface area contributed by atoms with Crippen molar-refractivity contribution in [2.45, 2.75) is 25.8 Å². The van der Waals surface area contributed by atoms with E-state index in [-0.39, 0.29) is 0 Å². The molecule has 5 nitrogen and oxygen atoms in total. The van der Waals surface area contributed by atoms with Gasteiger partial charge in [-0.15, -0.1) is 5.10 Å². The van der Waals surface area contributed by atoms with Crippen LogP contribution in [0.4, 0.5) is 0 Å². The first kappa shape index (κ1) is 10.7. The minimum absolute atomic E-state index is 0.635. The van der Waals surface area contributed by atoms with Gasteiger partial charge in [0.05, 0.1) is 12.3 Å². The van der Waals surface area contributed by atoms with Crippen molar-refractivity contribution >= 4 is 0 Å². The summed E-state index contributed by atoms with van der Waals surface area (Å²) in [5.41, 5.74) is 0. The van der Waals surface area contributed by atoms with Crippen LogP contribution >= 0.6 is 0 Å². The van der Waals surface area contributed by atoms with Crippen molar-refractivity contribution in [2.75, 3.05) is 13.1 Å². The van der Waals surface area contributed by atoms with E-state index in [1.807, 2.05) is 10.9 Å². The minimum atomic E-state index is 0.635. The molecule has 0 aliphatic carbocycles. The molecular formula is C9H15N5. The van der Waals surface area contributed by atoms with Crippen LogP contribution in [0, 0.1) is 11.3 Å². The van der Waals surface area contributed by atoms with E-state index in [0.29, 0.717) is 6.42 Å². The molecule has 1 rings (SSSR count). The van der Waals surface area contributed by atoms with Crippen LogP contribution in [0.1, 0.15) is 19.3 Å². The molecule has 0 saturated heterocycles. The number of aryl methyl sites for hydroxylation is 1. The maximum Gasteiger partial charge on any atom is 0.0692 e. The molecule has 14 heavy (non-hydrogen) atoms. The van der Waals surface area contributed by atoms with Gasteiger partial charge in [-0.2, -0.15) is 5.26 Å². The highest BCUT2D eigenvalue weighted by Crippen LogP contribution is 1.87. The van der Waals surface area contributed by atoms with Gasteiger partial charge in [0.15, 0.2) is 0 Å². The maximum atomic E-state index is 8.30. The summed E-state index contributed by atoms with van der Waals surface area (Å²) in [5, 5.41) is 19.1. The maximum absolute atomic E-state index is 8.30. The Labute approximate surface area is 83.7 Å². The Kier molecular flexibility index (Phi) is 5.36. The molecule has 0 radical (unpaired) electrons. The van der Waals surface area contributed by atoms with Crippen LogP contribution in [0.25, 0.3) is 0 Å². The average Bonchev–Trinajstić information content (AvgIpc) is 2.69. The number of hydrogen-bond acceptors (Lipinski definition) is 4. The minimum Gasteiger partial charge on any atom is -0.317 e. The third-order valence-electron chi connectivity index (χ3n) is 1.85. The molecule has 0 amide bonds. The molecule has 0 atom stereocenters. The molecule has 0 unspecified atom stereocenters. The van der Waals surface area contributed by atoms with Crippen molar-refractivity contribution < 1.29 is 0 Å². The fraction of sp³-hybridized carbons (Fsp3) is 0.667. The van der Waals surface area contributed by atoms with E-state index in [9.17, 15) is 0 Å². The Morgan fingerprint density at radius 2 is 2.21 bits per heavy atom. The van der Waals surface area contributed by atoms with Crippen LogP contribution in [-0.4, -0.2) is 28.1 Å². The number of aromatic nitrogens is 3. The first-order chi connectivity index (χ1) is 6.93. The molecule has 0 spiro atoms. The standard InChI is InChI=1S/C9H15N5/c10-4-1-2-5-11-6-3-8-14-9-7-12-13-14/h7,9,11H,1-3,5-6,8H2. The summed E-state index contributed by atoms with van der Waals surface area (Å²) in [6, 6.07) is 2.12. The highest BCUT2D eigenvalue weighted by Gasteiger charge is 1.91. The number of rotatable bonds is 7. The lowest BCUT2D eigenvalue weighted by atomic mass is 10.3. The summed E-state index contributed by atoms with van der Waals surface area (Å²) < 4.78 is 1.82. The summed E-state index contributed by atoms with van der Waals surface area (Å²) in [4.78, 5) is 0. The van der Waals surface area contributed by atoms with E-state index in [2.05, 4.69) is 21.7 Å². The predicted octanol–water partition coefficient (Wildman–Crippen LogP) is 0.562. The van der Waals surface area contributed by atoms with Crippen molar-refractivity contribution in [1.29, 1.82) is 5.26 Å². The Hall–Kier alpha value is -1.41. The summed E-state index contributed by atoms with van der Waals surface area (Å²) in [7, 11) is 0. The van der Waals surface area contributed by atoms with E-state index < -0.39 is 0 Å². The second-order valence-corrected chi connectivity index (χ2v) is 3.03. The van der Waals surface area contributed by atoms with Gasteiger partial charge in [-0.1, -0.05) is 5.21 Å². The second-order valence-electron chi connectivity index (χ2n) is 3.03. The molecule has 76 valence electrons. The molecule has 1 aromatic rings. The van der Waals surface area contributed by atoms with Crippen molar-refractivity contribution in [3.63, 3.8) is 0 Å². The third-order valence-corrected chi connectivity index (χ3v) is 1.85. The molecule has 1 heterocycles. The van der Waals surface area contributed by atoms with Crippen LogP contribution in [0.5, 0.6) is 0 Å². The highest BCUT2D eigenvalue weighted by molar-refractivity contribution is 4.69. The summed E-state index contributed by atoms with van der Waals surface area (Å²) in [6.07, 6.45) is 6.14. The van der Waals surface area contributed by atoms with Gasteiger partial charge in [0.2, 0.25) is 0 Å². The van der Waals surface area contributed by atoms with Gasteiger partial charge in [0.1, 0.15) is 0 Å². The number of unbranched alkanes of at least 4 members (excludes halogenated alkanes) is 1. The molecular weight excluding hydrogens is 178 g/mol. The van der Waals surface area contributed by atoms with Gasteiger partial charge in [0.25, 0.3) is 0 Å². The predicted molar refractivity (Wildman–Crippen MR) is 52.4 cm³/mol. The Balaban J connectivity index is 1.88. The van der Waals surface area contributed by atoms with Crippen LogP contribution in [-0.2, 0) is 6.54 Å². The highest BCUT2D eigenvalue weighted by atomic mass is 15.4. The van der Waals surface area contributed by atoms with Crippen LogP contribution in [0.15, 0.2) is 12.4 Å². The van der Waals surface area contributed by atoms with Gasteiger partial charge >= 0.3 is 0 Å². The third kappa shape index (κ3) is 4.58. The number of nitriles is 1. The normalized spacial score (nSPS) is 9.93. The number of hydrogen-bond donors (Lipinski definition) is 1. The molecule has 0 saturated carbocycles. The molecule has 0 bridgehead atoms. The fourth-order valence-electron chi connectivity index (χ4n) is 1.14. The van der Waals surface area contributed by atoms with E-state index in [1.165, 1.54) is 0 Å². The quantitative estimate of drug-likeness (QED) is 0.642. The Morgan fingerprint density at radius 1 is 1.36 bits per heavy atom. The first-order valence-corrected chi connectivity index (χ1v) is 4.85. The van der Waals surface area contributed by atoms with Crippen molar-refractivity contribution in [1.82, 2.24) is 20.3 Å². The van der Waals surface area contributed by atoms with E-state index in [1.54, 1.807) is 6.20 Å². The van der Waals surface area contributed by atoms with Crippen LogP contribution < -0.4 is 5.32 Å². The SMILES string of the molecule is N#CCCCNCCCn1ccnn1. The van der Waals surface area contributed by atoms with Gasteiger partial charge in [-0.25, -0.2) is 0 Å². The molecule has 0 aliphatic rings. The van der Waals surface area contributed by atoms with E-state index in [4.69, 9.17) is 5.26 Å². The Morgan fingerprint density at radius 3 is 2.93 bits per heavy atom. The topological polar surface area (TPSA) is 66.5 Å². The van der Waals surface area contributed by atoms with Gasteiger partial charge < -0.3 is 5.32 Å². The van der Waals surface area contributed by atoms with Crippen molar-refractivity contribution in [3.8, 4) is 6.07 Å². The molecule has 0 fully saturated rings. The smallest absolute Gasteiger partial charge is 0.0692 e. The first-order valence-electron chi connectivity index (χ1n) is 4.85. The van der Waals surface area contributed by atoms with Crippen molar-refractivity contribution in [3.05, 3.63) is 12.4 Å². The van der Waals surface area contributed by atoms with Gasteiger partial charge in [-0.05, 0) is 25.9 Å². The summed E-state index contributed by atoms with van der Waals surface area (Å²) in [6.45, 7) is 2.78. The largest absolute Gasteiger partial charge is 0.317 e. The van der Waals surface area contributed by atoms with Crippen LogP contribution in [0.3, 0.4) is 0 Å². The van der Waals surface area contributed by atoms with Gasteiger partial charge in [-0.3, -0.25) is 4.68 Å². The van der Waals surface area contributed by atoms with E-state index in [0.717, 1.165) is 32.5 Å². The number of nitrogens with one attached hydrogen (secondary N) is 1.